The van der Waals surface area contributed by atoms with Crippen LogP contribution in [0.4, 0.5) is 0 Å². The van der Waals surface area contributed by atoms with Gasteiger partial charge in [0.25, 0.3) is 0 Å². The van der Waals surface area contributed by atoms with E-state index in [4.69, 9.17) is 9.47 Å². The molecule has 114 valence electrons. The maximum atomic E-state index is 5.22. The third-order valence-corrected chi connectivity index (χ3v) is 4.23. The number of ether oxygens (including phenoxy) is 2. The van der Waals surface area contributed by atoms with Crippen molar-refractivity contribution in [2.24, 2.45) is 0 Å². The molecule has 0 saturated heterocycles. The van der Waals surface area contributed by atoms with Crippen LogP contribution in [0.3, 0.4) is 0 Å². The number of hydrogen-bond acceptors (Lipinski definition) is 4. The van der Waals surface area contributed by atoms with E-state index in [1.807, 2.05) is 23.9 Å². The summed E-state index contributed by atoms with van der Waals surface area (Å²) in [6, 6.07) is 8.79. The van der Waals surface area contributed by atoms with Gasteiger partial charge in [-0.25, -0.2) is 0 Å². The second-order valence-electron chi connectivity index (χ2n) is 4.70. The summed E-state index contributed by atoms with van der Waals surface area (Å²) in [7, 11) is 3.46. The lowest BCUT2D eigenvalue weighted by Gasteiger charge is -2.19. The molecule has 1 rings (SSSR count). The first-order valence-corrected chi connectivity index (χ1v) is 8.41. The summed E-state index contributed by atoms with van der Waals surface area (Å²) in [4.78, 5) is 0. The smallest absolute Gasteiger partial charge is 0.118 e. The van der Waals surface area contributed by atoms with Crippen molar-refractivity contribution < 1.29 is 9.47 Å². The van der Waals surface area contributed by atoms with Gasteiger partial charge >= 0.3 is 0 Å². The average molecular weight is 297 g/mol. The van der Waals surface area contributed by atoms with Crippen LogP contribution in [0.5, 0.6) is 5.75 Å². The van der Waals surface area contributed by atoms with Gasteiger partial charge in [0.2, 0.25) is 0 Å². The SMILES string of the molecule is CCCNC(CSCCCOC)c1ccc(OC)cc1. The molecule has 20 heavy (non-hydrogen) atoms. The third kappa shape index (κ3) is 6.64. The first-order valence-electron chi connectivity index (χ1n) is 7.25. The molecule has 0 aliphatic carbocycles. The van der Waals surface area contributed by atoms with Crippen LogP contribution in [0.25, 0.3) is 0 Å². The van der Waals surface area contributed by atoms with Crippen LogP contribution in [0.2, 0.25) is 0 Å². The van der Waals surface area contributed by atoms with Gasteiger partial charge in [-0.3, -0.25) is 0 Å². The van der Waals surface area contributed by atoms with E-state index in [2.05, 4.69) is 24.4 Å². The fraction of sp³-hybridized carbons (Fsp3) is 0.625. The minimum Gasteiger partial charge on any atom is -0.497 e. The minimum atomic E-state index is 0.411. The molecule has 0 amide bonds. The average Bonchev–Trinajstić information content (AvgIpc) is 2.50. The molecule has 4 heteroatoms. The Hall–Kier alpha value is -0.710. The van der Waals surface area contributed by atoms with Crippen LogP contribution < -0.4 is 10.1 Å². The van der Waals surface area contributed by atoms with Crippen LogP contribution in [0, 0.1) is 0 Å². The predicted molar refractivity (Wildman–Crippen MR) is 87.8 cm³/mol. The van der Waals surface area contributed by atoms with E-state index < -0.39 is 0 Å². The lowest BCUT2D eigenvalue weighted by atomic mass is 10.1. The molecule has 0 fully saturated rings. The number of hydrogen-bond donors (Lipinski definition) is 1. The monoisotopic (exact) mass is 297 g/mol. The molecule has 0 bridgehead atoms. The molecule has 0 aliphatic heterocycles. The Morgan fingerprint density at radius 2 is 1.95 bits per heavy atom. The van der Waals surface area contributed by atoms with Crippen molar-refractivity contribution in [1.29, 1.82) is 0 Å². The molecule has 0 aliphatic rings. The highest BCUT2D eigenvalue weighted by atomic mass is 32.2. The summed E-state index contributed by atoms with van der Waals surface area (Å²) < 4.78 is 10.3. The molecule has 0 heterocycles. The fourth-order valence-electron chi connectivity index (χ4n) is 1.93. The largest absolute Gasteiger partial charge is 0.497 e. The number of methoxy groups -OCH3 is 2. The summed E-state index contributed by atoms with van der Waals surface area (Å²) in [6.45, 7) is 4.10. The Morgan fingerprint density at radius 1 is 1.20 bits per heavy atom. The summed E-state index contributed by atoms with van der Waals surface area (Å²) in [5.41, 5.74) is 1.33. The van der Waals surface area contributed by atoms with Crippen LogP contribution in [0.15, 0.2) is 24.3 Å². The maximum Gasteiger partial charge on any atom is 0.118 e. The zero-order valence-corrected chi connectivity index (χ0v) is 13.7. The van der Waals surface area contributed by atoms with Gasteiger partial charge in [-0.15, -0.1) is 0 Å². The van der Waals surface area contributed by atoms with Crippen molar-refractivity contribution >= 4 is 11.8 Å². The highest BCUT2D eigenvalue weighted by Crippen LogP contribution is 2.21. The van der Waals surface area contributed by atoms with Crippen molar-refractivity contribution in [3.63, 3.8) is 0 Å². The van der Waals surface area contributed by atoms with Gasteiger partial charge in [0.15, 0.2) is 0 Å². The Morgan fingerprint density at radius 3 is 2.55 bits per heavy atom. The molecule has 1 atom stereocenters. The molecule has 0 aromatic heterocycles. The number of benzene rings is 1. The van der Waals surface area contributed by atoms with Gasteiger partial charge in [0.05, 0.1) is 7.11 Å². The van der Waals surface area contributed by atoms with E-state index in [0.29, 0.717) is 6.04 Å². The number of nitrogens with one attached hydrogen (secondary N) is 1. The van der Waals surface area contributed by atoms with E-state index in [9.17, 15) is 0 Å². The van der Waals surface area contributed by atoms with Crippen molar-refractivity contribution in [2.75, 3.05) is 38.9 Å². The normalized spacial score (nSPS) is 12.3. The van der Waals surface area contributed by atoms with Gasteiger partial charge in [-0.1, -0.05) is 19.1 Å². The Kier molecular flexibility index (Phi) is 9.54. The van der Waals surface area contributed by atoms with E-state index in [1.54, 1.807) is 14.2 Å². The molecule has 1 N–H and O–H groups in total. The van der Waals surface area contributed by atoms with Gasteiger partial charge in [-0.2, -0.15) is 11.8 Å². The fourth-order valence-corrected chi connectivity index (χ4v) is 2.97. The van der Waals surface area contributed by atoms with Crippen molar-refractivity contribution in [3.8, 4) is 5.75 Å². The third-order valence-electron chi connectivity index (χ3n) is 3.08. The van der Waals surface area contributed by atoms with E-state index in [1.165, 1.54) is 5.56 Å². The zero-order valence-electron chi connectivity index (χ0n) is 12.9. The van der Waals surface area contributed by atoms with E-state index >= 15 is 0 Å². The molecular weight excluding hydrogens is 270 g/mol. The molecule has 1 aromatic carbocycles. The second-order valence-corrected chi connectivity index (χ2v) is 5.85. The number of thioether (sulfide) groups is 1. The van der Waals surface area contributed by atoms with E-state index in [-0.39, 0.29) is 0 Å². The summed E-state index contributed by atoms with van der Waals surface area (Å²) in [5, 5.41) is 3.62. The lowest BCUT2D eigenvalue weighted by molar-refractivity contribution is 0.200. The first-order chi connectivity index (χ1) is 9.81. The maximum absolute atomic E-state index is 5.22. The molecule has 0 radical (unpaired) electrons. The zero-order chi connectivity index (χ0) is 14.6. The Balaban J connectivity index is 2.48. The predicted octanol–water partition coefficient (Wildman–Crippen LogP) is 3.51. The van der Waals surface area contributed by atoms with Crippen LogP contribution in [-0.4, -0.2) is 38.9 Å². The standard InChI is InChI=1S/C16H27NO2S/c1-4-10-17-16(13-20-12-5-11-18-2)14-6-8-15(19-3)9-7-14/h6-9,16-17H,4-5,10-13H2,1-3H3. The Labute approximate surface area is 127 Å². The van der Waals surface area contributed by atoms with Crippen molar-refractivity contribution in [2.45, 2.75) is 25.8 Å². The summed E-state index contributed by atoms with van der Waals surface area (Å²) >= 11 is 1.98. The van der Waals surface area contributed by atoms with Gasteiger partial charge in [0, 0.05) is 25.5 Å². The van der Waals surface area contributed by atoms with Crippen molar-refractivity contribution in [1.82, 2.24) is 5.32 Å². The van der Waals surface area contributed by atoms with Crippen LogP contribution >= 0.6 is 11.8 Å². The van der Waals surface area contributed by atoms with Gasteiger partial charge in [0.1, 0.15) is 5.75 Å². The molecular formula is C16H27NO2S. The van der Waals surface area contributed by atoms with Gasteiger partial charge < -0.3 is 14.8 Å². The molecule has 1 aromatic rings. The highest BCUT2D eigenvalue weighted by molar-refractivity contribution is 7.99. The minimum absolute atomic E-state index is 0.411. The second kappa shape index (κ2) is 11.0. The Bertz CT molecular complexity index is 343. The lowest BCUT2D eigenvalue weighted by Crippen LogP contribution is -2.24. The molecule has 0 spiro atoms. The summed E-state index contributed by atoms with van der Waals surface area (Å²) in [6.07, 6.45) is 2.27. The van der Waals surface area contributed by atoms with Crippen molar-refractivity contribution in [3.05, 3.63) is 29.8 Å². The van der Waals surface area contributed by atoms with Crippen LogP contribution in [-0.2, 0) is 4.74 Å². The topological polar surface area (TPSA) is 30.5 Å². The van der Waals surface area contributed by atoms with Gasteiger partial charge in [-0.05, 0) is 42.8 Å². The summed E-state index contributed by atoms with van der Waals surface area (Å²) in [5.74, 6) is 3.15. The first kappa shape index (κ1) is 17.3. The van der Waals surface area contributed by atoms with E-state index in [0.717, 1.165) is 43.2 Å². The molecule has 1 unspecified atom stereocenters. The number of rotatable bonds is 11. The van der Waals surface area contributed by atoms with Crippen LogP contribution in [0.1, 0.15) is 31.4 Å². The molecule has 3 nitrogen and oxygen atoms in total. The highest BCUT2D eigenvalue weighted by Gasteiger charge is 2.10. The molecule has 0 saturated carbocycles. The quantitative estimate of drug-likeness (QED) is 0.633.